The standard InChI is InChI=1S/C18H18ClF3N4O3/c1-2-29-17(28)26-13-5-3-4-11(8-13)16(27)24-7-6-23-15-14(19)9-12(10-25-15)18(20,21)22/h3-5,8-10H,2,6-7H2,1H3,(H,23,25)(H,24,27)(H,26,28). The molecule has 0 aliphatic heterocycles. The van der Waals surface area contributed by atoms with Gasteiger partial charge in [0.1, 0.15) is 5.82 Å². The zero-order valence-electron chi connectivity index (χ0n) is 15.3. The maximum Gasteiger partial charge on any atom is 0.417 e. The largest absolute Gasteiger partial charge is 0.450 e. The van der Waals surface area contributed by atoms with Gasteiger partial charge in [0.2, 0.25) is 0 Å². The fourth-order valence-electron chi connectivity index (χ4n) is 2.21. The first-order chi connectivity index (χ1) is 13.7. The molecule has 2 amide bonds. The predicted molar refractivity (Wildman–Crippen MR) is 102 cm³/mol. The minimum Gasteiger partial charge on any atom is -0.450 e. The van der Waals surface area contributed by atoms with Crippen LogP contribution in [0.15, 0.2) is 36.5 Å². The molecule has 0 saturated heterocycles. The monoisotopic (exact) mass is 430 g/mol. The Balaban J connectivity index is 1.85. The van der Waals surface area contributed by atoms with E-state index in [1.165, 1.54) is 6.07 Å². The molecule has 11 heteroatoms. The molecule has 1 aromatic carbocycles. The summed E-state index contributed by atoms with van der Waals surface area (Å²) in [5.74, 6) is -0.319. The van der Waals surface area contributed by atoms with Crippen LogP contribution in [-0.4, -0.2) is 36.7 Å². The van der Waals surface area contributed by atoms with Gasteiger partial charge in [-0.2, -0.15) is 13.2 Å². The molecule has 7 nitrogen and oxygen atoms in total. The lowest BCUT2D eigenvalue weighted by Crippen LogP contribution is -2.29. The van der Waals surface area contributed by atoms with Crippen molar-refractivity contribution < 1.29 is 27.5 Å². The normalized spacial score (nSPS) is 10.9. The molecule has 0 aliphatic carbocycles. The zero-order chi connectivity index (χ0) is 21.4. The van der Waals surface area contributed by atoms with E-state index in [1.54, 1.807) is 25.1 Å². The van der Waals surface area contributed by atoms with Crippen molar-refractivity contribution in [3.63, 3.8) is 0 Å². The first-order valence-electron chi connectivity index (χ1n) is 8.49. The number of anilines is 2. The summed E-state index contributed by atoms with van der Waals surface area (Å²) in [5.41, 5.74) is -0.238. The van der Waals surface area contributed by atoms with E-state index >= 15 is 0 Å². The molecule has 0 atom stereocenters. The number of halogens is 4. The topological polar surface area (TPSA) is 92.3 Å². The van der Waals surface area contributed by atoms with Crippen molar-refractivity contribution in [2.45, 2.75) is 13.1 Å². The number of pyridine rings is 1. The van der Waals surface area contributed by atoms with Gasteiger partial charge in [-0.15, -0.1) is 0 Å². The lowest BCUT2D eigenvalue weighted by molar-refractivity contribution is -0.137. The quantitative estimate of drug-likeness (QED) is 0.573. The van der Waals surface area contributed by atoms with Crippen molar-refractivity contribution in [3.05, 3.63) is 52.7 Å². The highest BCUT2D eigenvalue weighted by molar-refractivity contribution is 6.32. The van der Waals surface area contributed by atoms with Crippen molar-refractivity contribution >= 4 is 35.1 Å². The van der Waals surface area contributed by atoms with E-state index in [9.17, 15) is 22.8 Å². The summed E-state index contributed by atoms with van der Waals surface area (Å²) in [6.45, 7) is 2.24. The number of alkyl halides is 3. The Morgan fingerprint density at radius 1 is 1.21 bits per heavy atom. The third-order valence-corrected chi connectivity index (χ3v) is 3.81. The van der Waals surface area contributed by atoms with E-state index in [4.69, 9.17) is 16.3 Å². The fourth-order valence-corrected chi connectivity index (χ4v) is 2.44. The summed E-state index contributed by atoms with van der Waals surface area (Å²) in [6, 6.07) is 7.02. The Bertz CT molecular complexity index is 878. The number of carbonyl (C=O) groups excluding carboxylic acids is 2. The van der Waals surface area contributed by atoms with Crippen LogP contribution in [0.4, 0.5) is 29.5 Å². The molecule has 1 aromatic heterocycles. The van der Waals surface area contributed by atoms with Crippen molar-refractivity contribution in [3.8, 4) is 0 Å². The van der Waals surface area contributed by atoms with E-state index in [0.717, 1.165) is 6.07 Å². The Kier molecular flexibility index (Phi) is 7.66. The maximum absolute atomic E-state index is 12.6. The summed E-state index contributed by atoms with van der Waals surface area (Å²) in [7, 11) is 0. The average molecular weight is 431 g/mol. The molecule has 156 valence electrons. The van der Waals surface area contributed by atoms with Gasteiger partial charge in [-0.05, 0) is 31.2 Å². The van der Waals surface area contributed by atoms with Crippen LogP contribution >= 0.6 is 11.6 Å². The first kappa shape index (κ1) is 22.3. The molecular formula is C18H18ClF3N4O3. The highest BCUT2D eigenvalue weighted by atomic mass is 35.5. The smallest absolute Gasteiger partial charge is 0.417 e. The average Bonchev–Trinajstić information content (AvgIpc) is 2.65. The van der Waals surface area contributed by atoms with Gasteiger partial charge in [-0.1, -0.05) is 17.7 Å². The van der Waals surface area contributed by atoms with E-state index in [0.29, 0.717) is 17.4 Å². The summed E-state index contributed by atoms with van der Waals surface area (Å²) in [5, 5.41) is 7.70. The van der Waals surface area contributed by atoms with Gasteiger partial charge in [0.25, 0.3) is 5.91 Å². The second-order valence-electron chi connectivity index (χ2n) is 5.66. The van der Waals surface area contributed by atoms with Crippen molar-refractivity contribution in [1.82, 2.24) is 10.3 Å². The summed E-state index contributed by atoms with van der Waals surface area (Å²) in [4.78, 5) is 27.3. The summed E-state index contributed by atoms with van der Waals surface area (Å²) >= 11 is 5.80. The molecule has 29 heavy (non-hydrogen) atoms. The van der Waals surface area contributed by atoms with Crippen LogP contribution in [0.3, 0.4) is 0 Å². The number of carbonyl (C=O) groups is 2. The SMILES string of the molecule is CCOC(=O)Nc1cccc(C(=O)NCCNc2ncc(C(F)(F)F)cc2Cl)c1. The second kappa shape index (κ2) is 9.97. The van der Waals surface area contributed by atoms with E-state index in [-0.39, 0.29) is 30.5 Å². The second-order valence-corrected chi connectivity index (χ2v) is 6.07. The number of rotatable bonds is 7. The molecule has 2 aromatic rings. The molecule has 0 aliphatic rings. The lowest BCUT2D eigenvalue weighted by atomic mass is 10.2. The Morgan fingerprint density at radius 3 is 2.62 bits per heavy atom. The van der Waals surface area contributed by atoms with Gasteiger partial charge in [0.05, 0.1) is 17.2 Å². The molecule has 0 radical (unpaired) electrons. The molecular weight excluding hydrogens is 413 g/mol. The van der Waals surface area contributed by atoms with Crippen LogP contribution in [0, 0.1) is 0 Å². The van der Waals surface area contributed by atoms with Gasteiger partial charge in [0, 0.05) is 30.5 Å². The molecule has 0 spiro atoms. The van der Waals surface area contributed by atoms with Crippen molar-refractivity contribution in [2.24, 2.45) is 0 Å². The highest BCUT2D eigenvalue weighted by Gasteiger charge is 2.31. The number of nitrogens with zero attached hydrogens (tertiary/aromatic N) is 1. The van der Waals surface area contributed by atoms with Gasteiger partial charge in [0.15, 0.2) is 0 Å². The molecule has 0 unspecified atom stereocenters. The number of ether oxygens (including phenoxy) is 1. The van der Waals surface area contributed by atoms with Crippen LogP contribution in [0.1, 0.15) is 22.8 Å². The number of amides is 2. The highest BCUT2D eigenvalue weighted by Crippen LogP contribution is 2.32. The van der Waals surface area contributed by atoms with Crippen LogP contribution < -0.4 is 16.0 Å². The molecule has 2 rings (SSSR count). The number of benzene rings is 1. The van der Waals surface area contributed by atoms with Gasteiger partial charge in [-0.25, -0.2) is 9.78 Å². The zero-order valence-corrected chi connectivity index (χ0v) is 16.0. The van der Waals surface area contributed by atoms with Crippen LogP contribution in [0.2, 0.25) is 5.02 Å². The summed E-state index contributed by atoms with van der Waals surface area (Å²) < 4.78 is 42.6. The number of hydrogen-bond acceptors (Lipinski definition) is 5. The van der Waals surface area contributed by atoms with E-state index < -0.39 is 23.7 Å². The Morgan fingerprint density at radius 2 is 1.97 bits per heavy atom. The third kappa shape index (κ3) is 6.83. The number of nitrogens with one attached hydrogen (secondary N) is 3. The minimum absolute atomic E-state index is 0.0783. The van der Waals surface area contributed by atoms with Gasteiger partial charge < -0.3 is 15.4 Å². The Hall–Kier alpha value is -3.01. The number of hydrogen-bond donors (Lipinski definition) is 3. The van der Waals surface area contributed by atoms with Crippen LogP contribution in [-0.2, 0) is 10.9 Å². The Labute approximate surface area is 169 Å². The number of aromatic nitrogens is 1. The van der Waals surface area contributed by atoms with E-state index in [2.05, 4.69) is 20.9 Å². The molecule has 0 bridgehead atoms. The molecule has 3 N–H and O–H groups in total. The predicted octanol–water partition coefficient (Wildman–Crippen LogP) is 4.16. The van der Waals surface area contributed by atoms with Crippen molar-refractivity contribution in [1.29, 1.82) is 0 Å². The lowest BCUT2D eigenvalue weighted by Gasteiger charge is -2.11. The van der Waals surface area contributed by atoms with Gasteiger partial charge >= 0.3 is 12.3 Å². The van der Waals surface area contributed by atoms with Crippen molar-refractivity contribution in [2.75, 3.05) is 30.3 Å². The van der Waals surface area contributed by atoms with Crippen LogP contribution in [0.5, 0.6) is 0 Å². The molecule has 1 heterocycles. The molecule has 0 saturated carbocycles. The fraction of sp³-hybridized carbons (Fsp3) is 0.278. The van der Waals surface area contributed by atoms with E-state index in [1.807, 2.05) is 0 Å². The third-order valence-electron chi connectivity index (χ3n) is 3.52. The first-order valence-corrected chi connectivity index (χ1v) is 8.87. The van der Waals surface area contributed by atoms with Crippen LogP contribution in [0.25, 0.3) is 0 Å². The summed E-state index contributed by atoms with van der Waals surface area (Å²) in [6.07, 6.45) is -4.48. The molecule has 0 fully saturated rings. The maximum atomic E-state index is 12.6. The minimum atomic E-state index is -4.53. The van der Waals surface area contributed by atoms with Gasteiger partial charge in [-0.3, -0.25) is 10.1 Å².